The Balaban J connectivity index is 2.75. The fourth-order valence-corrected chi connectivity index (χ4v) is 2.30. The summed E-state index contributed by atoms with van der Waals surface area (Å²) < 4.78 is 0. The van der Waals surface area contributed by atoms with Crippen LogP contribution in [0.2, 0.25) is 0 Å². The van der Waals surface area contributed by atoms with Crippen molar-refractivity contribution in [2.75, 3.05) is 6.54 Å². The van der Waals surface area contributed by atoms with Gasteiger partial charge in [0.1, 0.15) is 0 Å². The molecule has 112 valence electrons. The number of nitro groups is 1. The van der Waals surface area contributed by atoms with Gasteiger partial charge in [-0.1, -0.05) is 13.3 Å². The highest BCUT2D eigenvalue weighted by atomic mass is 16.6. The third-order valence-corrected chi connectivity index (χ3v) is 3.35. The summed E-state index contributed by atoms with van der Waals surface area (Å²) in [5.74, 6) is 0. The van der Waals surface area contributed by atoms with E-state index < -0.39 is 5.60 Å². The second-order valence-electron chi connectivity index (χ2n) is 5.47. The molecule has 0 amide bonds. The maximum Gasteiger partial charge on any atom is 0.278 e. The summed E-state index contributed by atoms with van der Waals surface area (Å²) in [4.78, 5) is 14.9. The van der Waals surface area contributed by atoms with Crippen LogP contribution in [0.3, 0.4) is 0 Å². The predicted molar refractivity (Wildman–Crippen MR) is 77.6 cm³/mol. The summed E-state index contributed by atoms with van der Waals surface area (Å²) in [6.45, 7) is 8.03. The Bertz CT molecular complexity index is 487. The van der Waals surface area contributed by atoms with E-state index in [0.717, 1.165) is 6.42 Å². The summed E-state index contributed by atoms with van der Waals surface area (Å²) >= 11 is 0. The predicted octanol–water partition coefficient (Wildman–Crippen LogP) is 2.25. The van der Waals surface area contributed by atoms with Crippen LogP contribution >= 0.6 is 0 Å². The summed E-state index contributed by atoms with van der Waals surface area (Å²) in [6.07, 6.45) is 3.13. The monoisotopic (exact) mass is 281 g/mol. The molecule has 0 bridgehead atoms. The van der Waals surface area contributed by atoms with Gasteiger partial charge in [0, 0.05) is 30.4 Å². The molecule has 1 rings (SSSR count). The molecule has 6 nitrogen and oxygen atoms in total. The molecule has 0 aliphatic carbocycles. The van der Waals surface area contributed by atoms with Gasteiger partial charge in [0.05, 0.1) is 16.2 Å². The first-order valence-electron chi connectivity index (χ1n) is 6.81. The molecular weight excluding hydrogens is 258 g/mol. The normalized spacial score (nSPS) is 14.1. The minimum absolute atomic E-state index is 0.122. The van der Waals surface area contributed by atoms with Gasteiger partial charge in [-0.3, -0.25) is 15.1 Å². The van der Waals surface area contributed by atoms with Crippen LogP contribution in [0.25, 0.3) is 0 Å². The van der Waals surface area contributed by atoms with Crippen LogP contribution in [0.4, 0.5) is 5.69 Å². The van der Waals surface area contributed by atoms with Crippen molar-refractivity contribution in [1.29, 1.82) is 0 Å². The Hall–Kier alpha value is -1.53. The number of aryl methyl sites for hydroxylation is 1. The first-order chi connectivity index (χ1) is 9.28. The van der Waals surface area contributed by atoms with Crippen LogP contribution in [-0.2, 0) is 6.54 Å². The summed E-state index contributed by atoms with van der Waals surface area (Å²) in [7, 11) is 0. The lowest BCUT2D eigenvalue weighted by Crippen LogP contribution is -2.37. The second-order valence-corrected chi connectivity index (χ2v) is 5.47. The molecule has 1 atom stereocenters. The van der Waals surface area contributed by atoms with Gasteiger partial charge in [0.25, 0.3) is 5.69 Å². The number of aromatic nitrogens is 1. The topological polar surface area (TPSA) is 88.3 Å². The highest BCUT2D eigenvalue weighted by Gasteiger charge is 2.21. The van der Waals surface area contributed by atoms with Crippen molar-refractivity contribution in [3.05, 3.63) is 33.1 Å². The lowest BCUT2D eigenvalue weighted by atomic mass is 10.0. The number of hydrogen-bond acceptors (Lipinski definition) is 5. The van der Waals surface area contributed by atoms with Crippen molar-refractivity contribution in [2.45, 2.75) is 52.7 Å². The Morgan fingerprint density at radius 3 is 2.70 bits per heavy atom. The zero-order valence-corrected chi connectivity index (χ0v) is 12.6. The molecule has 0 aromatic carbocycles. The first-order valence-corrected chi connectivity index (χ1v) is 6.81. The summed E-state index contributed by atoms with van der Waals surface area (Å²) in [5, 5.41) is 24.2. The molecule has 20 heavy (non-hydrogen) atoms. The van der Waals surface area contributed by atoms with Crippen LogP contribution in [0.1, 0.15) is 43.5 Å². The molecule has 0 aliphatic heterocycles. The average molecular weight is 281 g/mol. The fraction of sp³-hybridized carbons (Fsp3) is 0.643. The largest absolute Gasteiger partial charge is 0.389 e. The van der Waals surface area contributed by atoms with E-state index in [9.17, 15) is 15.2 Å². The quantitative estimate of drug-likeness (QED) is 0.591. The maximum atomic E-state index is 11.0. The van der Waals surface area contributed by atoms with E-state index >= 15 is 0 Å². The zero-order chi connectivity index (χ0) is 15.3. The highest BCUT2D eigenvalue weighted by Crippen LogP contribution is 2.24. The maximum absolute atomic E-state index is 11.0. The minimum Gasteiger partial charge on any atom is -0.389 e. The van der Waals surface area contributed by atoms with Crippen molar-refractivity contribution in [1.82, 2.24) is 10.3 Å². The van der Waals surface area contributed by atoms with Gasteiger partial charge in [-0.15, -0.1) is 0 Å². The van der Waals surface area contributed by atoms with E-state index in [0.29, 0.717) is 36.3 Å². The molecule has 2 N–H and O–H groups in total. The Morgan fingerprint density at radius 2 is 2.15 bits per heavy atom. The molecule has 0 saturated heterocycles. The van der Waals surface area contributed by atoms with E-state index in [2.05, 4.69) is 10.3 Å². The lowest BCUT2D eigenvalue weighted by Gasteiger charge is -2.23. The summed E-state index contributed by atoms with van der Waals surface area (Å²) in [6, 6.07) is 0. The van der Waals surface area contributed by atoms with Crippen LogP contribution in [0.15, 0.2) is 6.20 Å². The van der Waals surface area contributed by atoms with E-state index in [1.165, 1.54) is 6.20 Å². The molecule has 1 aromatic heterocycles. The van der Waals surface area contributed by atoms with Gasteiger partial charge in [-0.2, -0.15) is 0 Å². The van der Waals surface area contributed by atoms with Crippen molar-refractivity contribution in [2.24, 2.45) is 0 Å². The van der Waals surface area contributed by atoms with E-state index in [1.54, 1.807) is 20.8 Å². The lowest BCUT2D eigenvalue weighted by molar-refractivity contribution is -0.386. The van der Waals surface area contributed by atoms with Crippen LogP contribution < -0.4 is 5.32 Å². The van der Waals surface area contributed by atoms with Crippen LogP contribution in [0.5, 0.6) is 0 Å². The van der Waals surface area contributed by atoms with Gasteiger partial charge >= 0.3 is 0 Å². The number of hydrogen-bond donors (Lipinski definition) is 2. The van der Waals surface area contributed by atoms with Crippen LogP contribution in [-0.4, -0.2) is 27.2 Å². The van der Waals surface area contributed by atoms with Crippen molar-refractivity contribution in [3.63, 3.8) is 0 Å². The molecule has 6 heteroatoms. The van der Waals surface area contributed by atoms with Crippen molar-refractivity contribution >= 4 is 5.69 Å². The van der Waals surface area contributed by atoms with E-state index in [4.69, 9.17) is 0 Å². The Labute approximate surface area is 119 Å². The third kappa shape index (κ3) is 4.25. The molecule has 0 aliphatic rings. The molecule has 0 spiro atoms. The van der Waals surface area contributed by atoms with Crippen molar-refractivity contribution < 1.29 is 10.0 Å². The molecule has 0 saturated carbocycles. The molecule has 0 radical (unpaired) electrons. The Kier molecular flexibility index (Phi) is 5.59. The molecule has 1 heterocycles. The molecule has 1 unspecified atom stereocenters. The third-order valence-electron chi connectivity index (χ3n) is 3.35. The van der Waals surface area contributed by atoms with Gasteiger partial charge in [0.2, 0.25) is 0 Å². The Morgan fingerprint density at radius 1 is 1.50 bits per heavy atom. The van der Waals surface area contributed by atoms with Gasteiger partial charge < -0.3 is 10.4 Å². The van der Waals surface area contributed by atoms with Gasteiger partial charge in [0.15, 0.2) is 0 Å². The van der Waals surface area contributed by atoms with E-state index in [-0.39, 0.29) is 10.6 Å². The zero-order valence-electron chi connectivity index (χ0n) is 12.6. The number of aliphatic hydroxyl groups is 1. The molecule has 1 aromatic rings. The van der Waals surface area contributed by atoms with Crippen molar-refractivity contribution in [3.8, 4) is 0 Å². The molecular formula is C14H23N3O3. The minimum atomic E-state index is -0.765. The average Bonchev–Trinajstić information content (AvgIpc) is 2.31. The van der Waals surface area contributed by atoms with Gasteiger partial charge in [-0.25, -0.2) is 0 Å². The number of rotatable bonds is 7. The number of nitrogens with zero attached hydrogens (tertiary/aromatic N) is 2. The standard InChI is InChI=1S/C14H23N3O3/c1-5-6-14(4,18)9-15-8-12-11(3)13(17(19)20)10(2)7-16-12/h7,15,18H,5-6,8-9H2,1-4H3. The van der Waals surface area contributed by atoms with Crippen LogP contribution in [0, 0.1) is 24.0 Å². The second kappa shape index (κ2) is 6.76. The number of nitrogens with one attached hydrogen (secondary N) is 1. The fourth-order valence-electron chi connectivity index (χ4n) is 2.30. The smallest absolute Gasteiger partial charge is 0.278 e. The SMILES string of the molecule is CCCC(C)(O)CNCc1ncc(C)c([N+](=O)[O-])c1C. The van der Waals surface area contributed by atoms with E-state index in [1.807, 2.05) is 6.92 Å². The highest BCUT2D eigenvalue weighted by molar-refractivity contribution is 5.47. The molecule has 0 fully saturated rings. The van der Waals surface area contributed by atoms with Gasteiger partial charge in [-0.05, 0) is 27.2 Å². The summed E-state index contributed by atoms with van der Waals surface area (Å²) in [5.41, 5.74) is 1.15. The first kappa shape index (κ1) is 16.5. The number of pyridine rings is 1.